The molecule has 3 heteroatoms. The summed E-state index contributed by atoms with van der Waals surface area (Å²) in [5, 5.41) is 7.73. The molecule has 0 aliphatic carbocycles. The molecule has 1 aromatic heterocycles. The van der Waals surface area contributed by atoms with Gasteiger partial charge < -0.3 is 4.57 Å². The highest BCUT2D eigenvalue weighted by molar-refractivity contribution is 7.85. The summed E-state index contributed by atoms with van der Waals surface area (Å²) < 4.78 is 17.3. The lowest BCUT2D eigenvalue weighted by molar-refractivity contribution is 0.592. The van der Waals surface area contributed by atoms with Crippen molar-refractivity contribution in [1.29, 1.82) is 0 Å². The molecule has 0 fully saturated rings. The summed E-state index contributed by atoms with van der Waals surface area (Å²) >= 11 is 1.86. The van der Waals surface area contributed by atoms with Gasteiger partial charge in [-0.2, -0.15) is 0 Å². The zero-order valence-corrected chi connectivity index (χ0v) is 25.1. The maximum atomic E-state index is 14.7. The van der Waals surface area contributed by atoms with Crippen LogP contribution < -0.4 is 15.9 Å². The molecule has 7 aromatic carbocycles. The van der Waals surface area contributed by atoms with Gasteiger partial charge in [0.1, 0.15) is 0 Å². The fourth-order valence-corrected chi connectivity index (χ4v) is 9.85. The molecule has 0 aliphatic rings. The van der Waals surface area contributed by atoms with E-state index in [1.54, 1.807) is 0 Å². The van der Waals surface area contributed by atoms with E-state index in [4.69, 9.17) is 0 Å². The van der Waals surface area contributed by atoms with Crippen molar-refractivity contribution >= 4 is 65.3 Å². The van der Waals surface area contributed by atoms with Gasteiger partial charge in [0.2, 0.25) is 0 Å². The smallest absolute Gasteiger partial charge is 0.171 e. The molecule has 0 radical (unpaired) electrons. The number of thiophene rings is 1. The molecule has 0 aliphatic heterocycles. The van der Waals surface area contributed by atoms with E-state index in [-0.39, 0.29) is 0 Å². The van der Waals surface area contributed by atoms with Gasteiger partial charge in [0.05, 0.1) is 0 Å². The first-order valence-corrected chi connectivity index (χ1v) is 17.0. The van der Waals surface area contributed by atoms with Crippen LogP contribution in [0.2, 0.25) is 0 Å². The number of fused-ring (bicyclic) bond motifs is 4. The van der Waals surface area contributed by atoms with Crippen molar-refractivity contribution in [2.24, 2.45) is 0 Å². The molecular weight excluding hydrogens is 559 g/mol. The van der Waals surface area contributed by atoms with Crippen LogP contribution in [-0.4, -0.2) is 0 Å². The Balaban J connectivity index is 1.12. The van der Waals surface area contributed by atoms with Gasteiger partial charge in [-0.25, -0.2) is 0 Å². The van der Waals surface area contributed by atoms with Gasteiger partial charge in [-0.1, -0.05) is 140 Å². The maximum Gasteiger partial charge on any atom is 0.171 e. The average molecular weight is 587 g/mol. The largest absolute Gasteiger partial charge is 0.309 e. The monoisotopic (exact) mass is 586 g/mol. The highest BCUT2D eigenvalue weighted by Crippen LogP contribution is 2.43. The molecule has 1 heterocycles. The van der Waals surface area contributed by atoms with Crippen molar-refractivity contribution in [3.63, 3.8) is 0 Å². The van der Waals surface area contributed by atoms with E-state index in [2.05, 4.69) is 91.0 Å². The summed E-state index contributed by atoms with van der Waals surface area (Å²) in [5.41, 5.74) is 4.65. The summed E-state index contributed by atoms with van der Waals surface area (Å²) in [5.74, 6) is 0. The third-order valence-corrected chi connectivity index (χ3v) is 12.6. The topological polar surface area (TPSA) is 17.1 Å². The van der Waals surface area contributed by atoms with Crippen molar-refractivity contribution in [3.8, 4) is 22.3 Å². The SMILES string of the molecule is O=P(c1ccccc1)(c1ccccc1)c1ccc(-c2ccc(-c3ccc4sc5cc6ccccc6cc5c4c3)cc2)cc1. The molecule has 8 aromatic rings. The minimum absolute atomic E-state index is 0.842. The number of hydrogen-bond donors (Lipinski definition) is 0. The Kier molecular flexibility index (Phi) is 6.33. The van der Waals surface area contributed by atoms with Gasteiger partial charge in [0.15, 0.2) is 7.14 Å². The third-order valence-electron chi connectivity index (χ3n) is 8.36. The summed E-state index contributed by atoms with van der Waals surface area (Å²) in [4.78, 5) is 0. The molecule has 43 heavy (non-hydrogen) atoms. The highest BCUT2D eigenvalue weighted by Gasteiger charge is 2.29. The number of hydrogen-bond acceptors (Lipinski definition) is 2. The first-order chi connectivity index (χ1) is 21.2. The Bertz CT molecular complexity index is 2240. The number of rotatable bonds is 5. The van der Waals surface area contributed by atoms with Gasteiger partial charge >= 0.3 is 0 Å². The highest BCUT2D eigenvalue weighted by atomic mass is 32.1. The van der Waals surface area contributed by atoms with Crippen molar-refractivity contribution in [2.45, 2.75) is 0 Å². The summed E-state index contributed by atoms with van der Waals surface area (Å²) in [7, 11) is -2.98. The Hall–Kier alpha value is -4.75. The van der Waals surface area contributed by atoms with Crippen molar-refractivity contribution in [1.82, 2.24) is 0 Å². The maximum absolute atomic E-state index is 14.7. The predicted molar refractivity (Wildman–Crippen MR) is 187 cm³/mol. The van der Waals surface area contributed by atoms with Gasteiger partial charge in [0, 0.05) is 36.1 Å². The van der Waals surface area contributed by atoms with E-state index in [0.717, 1.165) is 27.0 Å². The Labute approximate surface area is 255 Å². The minimum Gasteiger partial charge on any atom is -0.309 e. The standard InChI is InChI=1S/C40H27OPS/c41-42(34-11-3-1-4-12-34,35-13-5-2-6-14-35)36-22-19-29(20-23-36)28-15-17-30(18-16-28)33-21-24-39-37(26-33)38-25-31-9-7-8-10-32(31)27-40(38)43-39/h1-27H. The quantitative estimate of drug-likeness (QED) is 0.183. The molecule has 1 nitrogen and oxygen atoms in total. The van der Waals surface area contributed by atoms with Crippen LogP contribution in [0.5, 0.6) is 0 Å². The number of benzene rings is 7. The van der Waals surface area contributed by atoms with Crippen LogP contribution in [0.15, 0.2) is 164 Å². The zero-order chi connectivity index (χ0) is 28.8. The van der Waals surface area contributed by atoms with Crippen molar-refractivity contribution < 1.29 is 4.57 Å². The van der Waals surface area contributed by atoms with Crippen LogP contribution in [0, 0.1) is 0 Å². The fourth-order valence-electron chi connectivity index (χ4n) is 6.08. The first kappa shape index (κ1) is 25.9. The Morgan fingerprint density at radius 2 is 0.814 bits per heavy atom. The minimum atomic E-state index is -2.98. The summed E-state index contributed by atoms with van der Waals surface area (Å²) in [6.45, 7) is 0. The van der Waals surface area contributed by atoms with E-state index < -0.39 is 7.14 Å². The van der Waals surface area contributed by atoms with Crippen LogP contribution in [0.4, 0.5) is 0 Å². The molecule has 0 spiro atoms. The Morgan fingerprint density at radius 1 is 0.372 bits per heavy atom. The lowest BCUT2D eigenvalue weighted by Crippen LogP contribution is -2.24. The van der Waals surface area contributed by atoms with E-state index in [9.17, 15) is 4.57 Å². The van der Waals surface area contributed by atoms with E-state index in [0.29, 0.717) is 0 Å². The molecule has 0 bridgehead atoms. The van der Waals surface area contributed by atoms with Crippen molar-refractivity contribution in [2.75, 3.05) is 0 Å². The molecule has 0 unspecified atom stereocenters. The lowest BCUT2D eigenvalue weighted by Gasteiger charge is -2.20. The van der Waals surface area contributed by atoms with Crippen LogP contribution in [-0.2, 0) is 4.57 Å². The normalized spacial score (nSPS) is 11.8. The molecule has 0 saturated heterocycles. The van der Waals surface area contributed by atoms with Crippen LogP contribution in [0.1, 0.15) is 0 Å². The van der Waals surface area contributed by atoms with E-state index in [1.807, 2.05) is 84.1 Å². The predicted octanol–water partition coefficient (Wildman–Crippen LogP) is 10.2. The van der Waals surface area contributed by atoms with Gasteiger partial charge in [-0.05, 0) is 57.3 Å². The van der Waals surface area contributed by atoms with Crippen LogP contribution in [0.25, 0.3) is 53.2 Å². The van der Waals surface area contributed by atoms with E-state index >= 15 is 0 Å². The van der Waals surface area contributed by atoms with Gasteiger partial charge in [0.25, 0.3) is 0 Å². The first-order valence-electron chi connectivity index (χ1n) is 14.4. The third kappa shape index (κ3) is 4.51. The molecule has 8 rings (SSSR count). The molecule has 0 N–H and O–H groups in total. The molecule has 204 valence electrons. The molecular formula is C40H27OPS. The second-order valence-corrected chi connectivity index (χ2v) is 14.8. The Morgan fingerprint density at radius 3 is 1.42 bits per heavy atom. The second-order valence-electron chi connectivity index (χ2n) is 10.9. The van der Waals surface area contributed by atoms with E-state index in [1.165, 1.54) is 42.1 Å². The average Bonchev–Trinajstić information content (AvgIpc) is 3.44. The molecule has 0 saturated carbocycles. The zero-order valence-electron chi connectivity index (χ0n) is 23.4. The fraction of sp³-hybridized carbons (Fsp3) is 0. The van der Waals surface area contributed by atoms with Crippen LogP contribution in [0.3, 0.4) is 0 Å². The van der Waals surface area contributed by atoms with Gasteiger partial charge in [-0.3, -0.25) is 0 Å². The molecule has 0 atom stereocenters. The summed E-state index contributed by atoms with van der Waals surface area (Å²) in [6, 6.07) is 56.7. The second kappa shape index (κ2) is 10.5. The van der Waals surface area contributed by atoms with Gasteiger partial charge in [-0.15, -0.1) is 11.3 Å². The molecule has 0 amide bonds. The van der Waals surface area contributed by atoms with Crippen LogP contribution >= 0.6 is 18.5 Å². The van der Waals surface area contributed by atoms with Crippen molar-refractivity contribution in [3.05, 3.63) is 164 Å². The lowest BCUT2D eigenvalue weighted by atomic mass is 9.99. The summed E-state index contributed by atoms with van der Waals surface area (Å²) in [6.07, 6.45) is 0.